The molecule has 1 heteroatoms. The van der Waals surface area contributed by atoms with Gasteiger partial charge in [-0.1, -0.05) is 42.5 Å². The molecule has 2 aliphatic rings. The SMILES string of the molecule is C=C[C@H]1CC[C@H](C2CCC(c3ccc(COCC/C=C/C)cc3)CC2)CC1. The van der Waals surface area contributed by atoms with Crippen molar-refractivity contribution in [3.63, 3.8) is 0 Å². The van der Waals surface area contributed by atoms with E-state index in [9.17, 15) is 0 Å². The van der Waals surface area contributed by atoms with E-state index in [0.717, 1.165) is 43.3 Å². The number of benzene rings is 1. The summed E-state index contributed by atoms with van der Waals surface area (Å²) < 4.78 is 5.75. The molecule has 148 valence electrons. The minimum absolute atomic E-state index is 0.734. The van der Waals surface area contributed by atoms with Gasteiger partial charge in [0.25, 0.3) is 0 Å². The first-order valence-corrected chi connectivity index (χ1v) is 11.2. The van der Waals surface area contributed by atoms with E-state index >= 15 is 0 Å². The molecule has 0 N–H and O–H groups in total. The maximum atomic E-state index is 5.75. The fraction of sp³-hybridized carbons (Fsp3) is 0.615. The molecule has 1 aromatic rings. The highest BCUT2D eigenvalue weighted by atomic mass is 16.5. The molecule has 0 unspecified atom stereocenters. The summed E-state index contributed by atoms with van der Waals surface area (Å²) in [5.41, 5.74) is 2.84. The van der Waals surface area contributed by atoms with E-state index in [1.165, 1.54) is 56.9 Å². The van der Waals surface area contributed by atoms with Crippen molar-refractivity contribution in [3.05, 3.63) is 60.2 Å². The molecule has 0 heterocycles. The zero-order chi connectivity index (χ0) is 18.9. The normalized spacial score (nSPS) is 29.1. The van der Waals surface area contributed by atoms with E-state index < -0.39 is 0 Å². The van der Waals surface area contributed by atoms with Crippen LogP contribution < -0.4 is 0 Å². The first-order valence-electron chi connectivity index (χ1n) is 11.2. The third-order valence-corrected chi connectivity index (χ3v) is 6.97. The van der Waals surface area contributed by atoms with Crippen molar-refractivity contribution in [1.29, 1.82) is 0 Å². The number of hydrogen-bond acceptors (Lipinski definition) is 1. The first kappa shape index (κ1) is 20.4. The average molecular weight is 367 g/mol. The summed E-state index contributed by atoms with van der Waals surface area (Å²) in [5, 5.41) is 0. The van der Waals surface area contributed by atoms with Crippen LogP contribution in [-0.2, 0) is 11.3 Å². The molecular weight excluding hydrogens is 328 g/mol. The quantitative estimate of drug-likeness (QED) is 0.343. The van der Waals surface area contributed by atoms with Crippen molar-refractivity contribution in [2.24, 2.45) is 17.8 Å². The highest BCUT2D eigenvalue weighted by molar-refractivity contribution is 5.25. The van der Waals surface area contributed by atoms with E-state index in [1.54, 1.807) is 5.56 Å². The standard InChI is InChI=1S/C26H38O/c1-3-5-6-19-27-20-22-9-13-24(14-10-22)26-17-15-25(16-18-26)23-11-7-21(4-2)8-12-23/h3-5,9-10,13-14,21,23,25-26H,2,6-8,11-12,15-20H2,1H3/b5-3+/t21-,23-,25?,26?. The Morgan fingerprint density at radius 2 is 1.56 bits per heavy atom. The lowest BCUT2D eigenvalue weighted by molar-refractivity contribution is 0.125. The van der Waals surface area contributed by atoms with Crippen LogP contribution in [-0.4, -0.2) is 6.61 Å². The molecule has 3 rings (SSSR count). The van der Waals surface area contributed by atoms with Crippen LogP contribution >= 0.6 is 0 Å². The van der Waals surface area contributed by atoms with Crippen molar-refractivity contribution in [2.45, 2.75) is 77.2 Å². The number of allylic oxidation sites excluding steroid dienone is 2. The molecule has 0 amide bonds. The monoisotopic (exact) mass is 366 g/mol. The van der Waals surface area contributed by atoms with Gasteiger partial charge in [-0.25, -0.2) is 0 Å². The Balaban J connectivity index is 1.41. The molecule has 1 aromatic carbocycles. The van der Waals surface area contributed by atoms with Crippen LogP contribution in [0.1, 0.15) is 81.8 Å². The van der Waals surface area contributed by atoms with Gasteiger partial charge in [-0.2, -0.15) is 0 Å². The minimum atomic E-state index is 0.734. The maximum Gasteiger partial charge on any atom is 0.0717 e. The zero-order valence-electron chi connectivity index (χ0n) is 17.2. The first-order chi connectivity index (χ1) is 13.3. The summed E-state index contributed by atoms with van der Waals surface area (Å²) in [4.78, 5) is 0. The van der Waals surface area contributed by atoms with Crippen molar-refractivity contribution in [1.82, 2.24) is 0 Å². The molecule has 0 radical (unpaired) electrons. The third-order valence-electron chi connectivity index (χ3n) is 6.97. The summed E-state index contributed by atoms with van der Waals surface area (Å²) in [6, 6.07) is 9.25. The predicted octanol–water partition coefficient (Wildman–Crippen LogP) is 7.44. The molecule has 2 saturated carbocycles. The molecule has 0 atom stereocenters. The van der Waals surface area contributed by atoms with Gasteiger partial charge in [0.15, 0.2) is 0 Å². The summed E-state index contributed by atoms with van der Waals surface area (Å²) in [6.45, 7) is 7.59. The lowest BCUT2D eigenvalue weighted by Gasteiger charge is -2.37. The molecule has 0 aliphatic heterocycles. The van der Waals surface area contributed by atoms with Crippen LogP contribution in [0.2, 0.25) is 0 Å². The van der Waals surface area contributed by atoms with E-state index in [-0.39, 0.29) is 0 Å². The highest BCUT2D eigenvalue weighted by Gasteiger charge is 2.30. The summed E-state index contributed by atoms with van der Waals surface area (Å²) >= 11 is 0. The lowest BCUT2D eigenvalue weighted by Crippen LogP contribution is -2.25. The maximum absolute atomic E-state index is 5.75. The second kappa shape index (κ2) is 10.9. The van der Waals surface area contributed by atoms with Crippen LogP contribution in [0.25, 0.3) is 0 Å². The Bertz CT molecular complexity index is 569. The van der Waals surface area contributed by atoms with Gasteiger partial charge in [0.05, 0.1) is 13.2 Å². The Morgan fingerprint density at radius 3 is 2.15 bits per heavy atom. The molecular formula is C26H38O. The van der Waals surface area contributed by atoms with Gasteiger partial charge < -0.3 is 4.74 Å². The molecule has 0 saturated heterocycles. The van der Waals surface area contributed by atoms with Gasteiger partial charge in [0.2, 0.25) is 0 Å². The van der Waals surface area contributed by atoms with Gasteiger partial charge in [-0.05, 0) is 99.5 Å². The molecule has 1 nitrogen and oxygen atoms in total. The zero-order valence-corrected chi connectivity index (χ0v) is 17.2. The van der Waals surface area contributed by atoms with Crippen molar-refractivity contribution >= 4 is 0 Å². The summed E-state index contributed by atoms with van der Waals surface area (Å²) in [5.74, 6) is 3.54. The fourth-order valence-electron chi connectivity index (χ4n) is 5.17. The Kier molecular flexibility index (Phi) is 8.20. The van der Waals surface area contributed by atoms with Crippen molar-refractivity contribution in [3.8, 4) is 0 Å². The van der Waals surface area contributed by atoms with E-state index in [4.69, 9.17) is 4.74 Å². The van der Waals surface area contributed by atoms with Crippen LogP contribution in [0.15, 0.2) is 49.1 Å². The minimum Gasteiger partial charge on any atom is -0.376 e. The number of hydrogen-bond donors (Lipinski definition) is 0. The van der Waals surface area contributed by atoms with Crippen molar-refractivity contribution < 1.29 is 4.74 Å². The van der Waals surface area contributed by atoms with E-state index in [1.807, 2.05) is 0 Å². The fourth-order valence-corrected chi connectivity index (χ4v) is 5.17. The molecule has 2 fully saturated rings. The van der Waals surface area contributed by atoms with Crippen LogP contribution in [0, 0.1) is 17.8 Å². The van der Waals surface area contributed by atoms with Crippen molar-refractivity contribution in [2.75, 3.05) is 6.61 Å². The van der Waals surface area contributed by atoms with Gasteiger partial charge in [-0.15, -0.1) is 6.58 Å². The molecule has 0 bridgehead atoms. The van der Waals surface area contributed by atoms with Gasteiger partial charge in [-0.3, -0.25) is 0 Å². The Labute approximate surface area is 166 Å². The smallest absolute Gasteiger partial charge is 0.0717 e. The Hall–Kier alpha value is -1.34. The third kappa shape index (κ3) is 6.07. The van der Waals surface area contributed by atoms with Gasteiger partial charge in [0, 0.05) is 0 Å². The lowest BCUT2D eigenvalue weighted by atomic mass is 9.68. The largest absolute Gasteiger partial charge is 0.376 e. The van der Waals surface area contributed by atoms with Gasteiger partial charge >= 0.3 is 0 Å². The van der Waals surface area contributed by atoms with E-state index in [2.05, 4.69) is 56.0 Å². The summed E-state index contributed by atoms with van der Waals surface area (Å²) in [6.07, 6.45) is 18.7. The second-order valence-corrected chi connectivity index (χ2v) is 8.67. The van der Waals surface area contributed by atoms with E-state index in [0.29, 0.717) is 0 Å². The summed E-state index contributed by atoms with van der Waals surface area (Å²) in [7, 11) is 0. The Morgan fingerprint density at radius 1 is 0.926 bits per heavy atom. The predicted molar refractivity (Wildman–Crippen MR) is 116 cm³/mol. The molecule has 0 spiro atoms. The number of rotatable bonds is 8. The highest BCUT2D eigenvalue weighted by Crippen LogP contribution is 2.44. The molecule has 2 aliphatic carbocycles. The average Bonchev–Trinajstić information content (AvgIpc) is 2.74. The van der Waals surface area contributed by atoms with Crippen LogP contribution in [0.5, 0.6) is 0 Å². The topological polar surface area (TPSA) is 9.23 Å². The van der Waals surface area contributed by atoms with Crippen LogP contribution in [0.4, 0.5) is 0 Å². The molecule has 27 heavy (non-hydrogen) atoms. The number of ether oxygens (including phenoxy) is 1. The second-order valence-electron chi connectivity index (χ2n) is 8.67. The van der Waals surface area contributed by atoms with Gasteiger partial charge in [0.1, 0.15) is 0 Å². The molecule has 0 aromatic heterocycles. The van der Waals surface area contributed by atoms with Crippen LogP contribution in [0.3, 0.4) is 0 Å².